The van der Waals surface area contributed by atoms with Crippen LogP contribution in [-0.4, -0.2) is 82.3 Å². The first kappa shape index (κ1) is 43.9. The lowest BCUT2D eigenvalue weighted by atomic mass is 9.80. The molecule has 1 aliphatic heterocycles. The summed E-state index contributed by atoms with van der Waals surface area (Å²) in [7, 11) is 0.800. The number of rotatable bonds is 18. The first-order chi connectivity index (χ1) is 27.2. The molecule has 0 radical (unpaired) electrons. The normalized spacial score (nSPS) is 19.3. The molecule has 3 aromatic carbocycles. The van der Waals surface area contributed by atoms with Crippen LogP contribution in [0.3, 0.4) is 0 Å². The highest BCUT2D eigenvalue weighted by Crippen LogP contribution is 2.51. The fourth-order valence-electron chi connectivity index (χ4n) is 6.40. The average Bonchev–Trinajstić information content (AvgIpc) is 3.52. The largest absolute Gasteiger partial charge is 0.497 e. The Bertz CT molecular complexity index is 2000. The quantitative estimate of drug-likeness (QED) is 0.0446. The van der Waals surface area contributed by atoms with Gasteiger partial charge in [0, 0.05) is 12.7 Å². The number of H-pyrrole nitrogens is 2. The summed E-state index contributed by atoms with van der Waals surface area (Å²) in [5.74, 6) is 1.37. The van der Waals surface area contributed by atoms with Crippen molar-refractivity contribution in [3.05, 3.63) is 128 Å². The van der Waals surface area contributed by atoms with Crippen LogP contribution in [0, 0.1) is 11.3 Å². The molecule has 2 N–H and O–H groups in total. The molecule has 0 aliphatic carbocycles. The highest BCUT2D eigenvalue weighted by molar-refractivity contribution is 7.44. The fraction of sp³-hybridized carbons (Fsp3) is 0.452. The van der Waals surface area contributed by atoms with Gasteiger partial charge in [-0.15, -0.1) is 0 Å². The Morgan fingerprint density at radius 1 is 0.895 bits per heavy atom. The first-order valence-corrected chi connectivity index (χ1v) is 23.0. The van der Waals surface area contributed by atoms with E-state index in [9.17, 15) is 14.9 Å². The van der Waals surface area contributed by atoms with Crippen molar-refractivity contribution in [2.75, 3.05) is 41.0 Å². The first-order valence-electron chi connectivity index (χ1n) is 19.0. The monoisotopic (exact) mass is 818 g/mol. The van der Waals surface area contributed by atoms with E-state index in [1.165, 1.54) is 6.20 Å². The van der Waals surface area contributed by atoms with Crippen LogP contribution in [0.25, 0.3) is 0 Å². The Hall–Kier alpha value is -4.16. The van der Waals surface area contributed by atoms with Crippen LogP contribution < -0.4 is 20.7 Å². The molecule has 1 fully saturated rings. The summed E-state index contributed by atoms with van der Waals surface area (Å²) in [6, 6.07) is 27.5. The van der Waals surface area contributed by atoms with Crippen LogP contribution in [0.5, 0.6) is 11.5 Å². The van der Waals surface area contributed by atoms with E-state index in [2.05, 4.69) is 49.9 Å². The van der Waals surface area contributed by atoms with Gasteiger partial charge in [0.25, 0.3) is 14.1 Å². The molecule has 0 amide bonds. The van der Waals surface area contributed by atoms with Crippen LogP contribution >= 0.6 is 8.53 Å². The van der Waals surface area contributed by atoms with Crippen molar-refractivity contribution in [3.8, 4) is 17.6 Å². The number of nitrogens with zero attached hydrogens (tertiary/aromatic N) is 2. The highest BCUT2D eigenvalue weighted by Gasteiger charge is 2.54. The second-order valence-electron chi connectivity index (χ2n) is 15.3. The summed E-state index contributed by atoms with van der Waals surface area (Å²) in [5, 5.41) is 9.11. The standard InChI is InChI=1S/C42H55N4O9PSi/c1-10-46(5)56(52-26-14-25-43)54-37-35(53-36(34-27-44-40(48)45-39(34)47)38(37)55-57(8,9)41(2,3)4)28-51-42(29-15-12-11-13-16-29,30-17-21-32(49-6)22-18-30)31-19-23-33(50-7)24-20-31/h11-13,15-24,27,35-38H,10,14,26,28H2,1-9H3,(H2,44,45,47,48)/t35-,36+,37-,38+,56?/m1/s1. The van der Waals surface area contributed by atoms with Crippen molar-refractivity contribution in [2.45, 2.75) is 82.3 Å². The van der Waals surface area contributed by atoms with Gasteiger partial charge >= 0.3 is 5.69 Å². The molecular formula is C42H55N4O9PSi. The second kappa shape index (κ2) is 19.1. The molecule has 306 valence electrons. The van der Waals surface area contributed by atoms with Crippen molar-refractivity contribution in [1.29, 1.82) is 5.26 Å². The molecule has 4 aromatic rings. The molecule has 15 heteroatoms. The number of hydrogen-bond donors (Lipinski definition) is 2. The average molecular weight is 819 g/mol. The van der Waals surface area contributed by atoms with Crippen LogP contribution in [0.4, 0.5) is 0 Å². The van der Waals surface area contributed by atoms with E-state index in [0.29, 0.717) is 18.0 Å². The van der Waals surface area contributed by atoms with Crippen molar-refractivity contribution < 1.29 is 32.4 Å². The number of aromatic nitrogens is 2. The van der Waals surface area contributed by atoms with Gasteiger partial charge in [-0.05, 0) is 66.1 Å². The highest BCUT2D eigenvalue weighted by atomic mass is 31.2. The second-order valence-corrected chi connectivity index (χ2v) is 21.7. The third-order valence-electron chi connectivity index (χ3n) is 10.7. The van der Waals surface area contributed by atoms with E-state index < -0.39 is 58.1 Å². The Balaban J connectivity index is 1.70. The van der Waals surface area contributed by atoms with Gasteiger partial charge in [-0.2, -0.15) is 5.26 Å². The number of hydrogen-bond acceptors (Lipinski definition) is 11. The lowest BCUT2D eigenvalue weighted by molar-refractivity contribution is -0.0805. The van der Waals surface area contributed by atoms with E-state index in [1.807, 2.05) is 97.5 Å². The van der Waals surface area contributed by atoms with Gasteiger partial charge in [-0.1, -0.05) is 82.3 Å². The van der Waals surface area contributed by atoms with Crippen LogP contribution in [0.1, 0.15) is 62.5 Å². The Morgan fingerprint density at radius 2 is 1.47 bits per heavy atom. The predicted octanol–water partition coefficient (Wildman–Crippen LogP) is 7.41. The van der Waals surface area contributed by atoms with Gasteiger partial charge in [0.1, 0.15) is 41.5 Å². The number of nitriles is 1. The minimum atomic E-state index is -2.60. The number of benzene rings is 3. The zero-order valence-corrected chi connectivity index (χ0v) is 36.1. The molecule has 1 aliphatic rings. The van der Waals surface area contributed by atoms with Crippen molar-refractivity contribution >= 4 is 16.8 Å². The number of nitrogens with one attached hydrogen (secondary N) is 2. The van der Waals surface area contributed by atoms with Gasteiger partial charge in [0.2, 0.25) is 0 Å². The summed E-state index contributed by atoms with van der Waals surface area (Å²) >= 11 is 0. The summed E-state index contributed by atoms with van der Waals surface area (Å²) in [4.78, 5) is 30.7. The zero-order valence-electron chi connectivity index (χ0n) is 34.2. The maximum absolute atomic E-state index is 13.5. The molecule has 1 saturated heterocycles. The molecular weight excluding hydrogens is 764 g/mol. The molecule has 1 aromatic heterocycles. The van der Waals surface area contributed by atoms with Gasteiger partial charge in [-0.3, -0.25) is 9.78 Å². The van der Waals surface area contributed by atoms with Crippen molar-refractivity contribution in [1.82, 2.24) is 14.6 Å². The zero-order chi connectivity index (χ0) is 41.4. The van der Waals surface area contributed by atoms with E-state index in [4.69, 9.17) is 32.4 Å². The minimum Gasteiger partial charge on any atom is -0.497 e. The molecule has 1 unspecified atom stereocenters. The van der Waals surface area contributed by atoms with Crippen molar-refractivity contribution in [2.24, 2.45) is 0 Å². The van der Waals surface area contributed by atoms with Crippen LogP contribution in [0.2, 0.25) is 18.1 Å². The molecule has 0 saturated carbocycles. The molecule has 5 rings (SSSR count). The van der Waals surface area contributed by atoms with Gasteiger partial charge in [-0.25, -0.2) is 9.46 Å². The summed E-state index contributed by atoms with van der Waals surface area (Å²) in [5.41, 5.74) is 0.268. The van der Waals surface area contributed by atoms with Crippen LogP contribution in [0.15, 0.2) is 94.6 Å². The third kappa shape index (κ3) is 9.94. The molecule has 0 spiro atoms. The smallest absolute Gasteiger partial charge is 0.325 e. The Labute approximate surface area is 337 Å². The molecule has 57 heavy (non-hydrogen) atoms. The maximum Gasteiger partial charge on any atom is 0.325 e. The predicted molar refractivity (Wildman–Crippen MR) is 222 cm³/mol. The third-order valence-corrected chi connectivity index (χ3v) is 16.8. The van der Waals surface area contributed by atoms with E-state index in [1.54, 1.807) is 14.2 Å². The lowest BCUT2D eigenvalue weighted by Crippen LogP contribution is -2.49. The van der Waals surface area contributed by atoms with Gasteiger partial charge in [0.15, 0.2) is 8.32 Å². The van der Waals surface area contributed by atoms with E-state index in [-0.39, 0.29) is 30.2 Å². The van der Waals surface area contributed by atoms with Crippen LogP contribution in [-0.2, 0) is 28.5 Å². The van der Waals surface area contributed by atoms with Gasteiger partial charge < -0.3 is 37.4 Å². The van der Waals surface area contributed by atoms with Crippen molar-refractivity contribution in [3.63, 3.8) is 0 Å². The SMILES string of the molecule is CCN(C)P(OCCC#N)O[C@H]1[C@@H](O[Si](C)(C)C(C)(C)C)[C@H](c2c[nH]c(=O)[nH]c2=O)O[C@@H]1COC(c1ccccc1)(c1ccc(OC)cc1)c1ccc(OC)cc1. The molecule has 0 bridgehead atoms. The maximum atomic E-state index is 13.5. The number of methoxy groups -OCH3 is 2. The fourth-order valence-corrected chi connectivity index (χ4v) is 9.05. The Kier molecular flexibility index (Phi) is 14.7. The Morgan fingerprint density at radius 3 is 1.98 bits per heavy atom. The summed E-state index contributed by atoms with van der Waals surface area (Å²) < 4.78 is 47.7. The van der Waals surface area contributed by atoms with Gasteiger partial charge in [0.05, 0.1) is 45.5 Å². The minimum absolute atomic E-state index is 0.0378. The van der Waals surface area contributed by atoms with E-state index >= 15 is 0 Å². The number of aromatic amines is 2. The van der Waals surface area contributed by atoms with E-state index in [0.717, 1.165) is 16.7 Å². The molecule has 2 heterocycles. The molecule has 13 nitrogen and oxygen atoms in total. The number of ether oxygens (including phenoxy) is 4. The topological polar surface area (TPSA) is 157 Å². The summed E-state index contributed by atoms with van der Waals surface area (Å²) in [6.45, 7) is 13.3. The summed E-state index contributed by atoms with van der Waals surface area (Å²) in [6.07, 6.45) is -1.90. The molecule has 5 atom stereocenters. The lowest BCUT2D eigenvalue weighted by Gasteiger charge is -2.41.